The van der Waals surface area contributed by atoms with Gasteiger partial charge in [0, 0.05) is 6.42 Å². The fourth-order valence-electron chi connectivity index (χ4n) is 1.71. The lowest BCUT2D eigenvalue weighted by Crippen LogP contribution is -2.17. The van der Waals surface area contributed by atoms with Crippen LogP contribution < -0.4 is 0 Å². The Morgan fingerprint density at radius 3 is 2.44 bits per heavy atom. The topological polar surface area (TPSA) is 52.6 Å². The van der Waals surface area contributed by atoms with Gasteiger partial charge in [0.15, 0.2) is 0 Å². The van der Waals surface area contributed by atoms with Gasteiger partial charge < -0.3 is 9.47 Å². The molecule has 0 fully saturated rings. The minimum Gasteiger partial charge on any atom is -0.469 e. The van der Waals surface area contributed by atoms with Crippen LogP contribution in [0.1, 0.15) is 31.2 Å². The summed E-state index contributed by atoms with van der Waals surface area (Å²) in [5.74, 6) is -1.03. The third kappa shape index (κ3) is 4.20. The molecule has 4 heteroatoms. The first-order chi connectivity index (χ1) is 8.69. The first-order valence-electron chi connectivity index (χ1n) is 5.97. The molecule has 98 valence electrons. The maximum absolute atomic E-state index is 11.9. The van der Waals surface area contributed by atoms with E-state index in [2.05, 4.69) is 4.74 Å². The van der Waals surface area contributed by atoms with Crippen molar-refractivity contribution in [1.82, 2.24) is 0 Å². The summed E-state index contributed by atoms with van der Waals surface area (Å²) in [4.78, 5) is 23.0. The van der Waals surface area contributed by atoms with Gasteiger partial charge in [-0.2, -0.15) is 0 Å². The predicted octanol–water partition coefficient (Wildman–Crippen LogP) is 2.29. The summed E-state index contributed by atoms with van der Waals surface area (Å²) in [5.41, 5.74) is 0.861. The average Bonchev–Trinajstić information content (AvgIpc) is 2.40. The number of esters is 2. The number of carbonyl (C=O) groups is 2. The number of hydrogen-bond acceptors (Lipinski definition) is 4. The smallest absolute Gasteiger partial charge is 0.313 e. The van der Waals surface area contributed by atoms with Crippen molar-refractivity contribution in [2.75, 3.05) is 13.7 Å². The molecule has 0 aromatic heterocycles. The van der Waals surface area contributed by atoms with Crippen LogP contribution in [0.15, 0.2) is 30.3 Å². The fourth-order valence-corrected chi connectivity index (χ4v) is 1.71. The minimum absolute atomic E-state index is 0.203. The summed E-state index contributed by atoms with van der Waals surface area (Å²) in [6, 6.07) is 9.32. The number of ether oxygens (including phenoxy) is 2. The van der Waals surface area contributed by atoms with Gasteiger partial charge in [-0.25, -0.2) is 0 Å². The second kappa shape index (κ2) is 7.48. The molecular weight excluding hydrogens is 232 g/mol. The summed E-state index contributed by atoms with van der Waals surface area (Å²) in [6.45, 7) is 2.10. The molecule has 4 nitrogen and oxygen atoms in total. The minimum atomic E-state index is -0.412. The molecule has 18 heavy (non-hydrogen) atoms. The van der Waals surface area contributed by atoms with Crippen molar-refractivity contribution in [3.63, 3.8) is 0 Å². The van der Waals surface area contributed by atoms with Gasteiger partial charge in [-0.15, -0.1) is 0 Å². The van der Waals surface area contributed by atoms with Gasteiger partial charge in [0.25, 0.3) is 0 Å². The molecule has 0 aliphatic rings. The highest BCUT2D eigenvalue weighted by atomic mass is 16.5. The molecule has 0 bridgehead atoms. The molecule has 0 spiro atoms. The Bertz CT molecular complexity index is 386. The molecule has 1 aromatic carbocycles. The molecule has 1 aromatic rings. The Kier molecular flexibility index (Phi) is 5.91. The van der Waals surface area contributed by atoms with Crippen LogP contribution in [0.2, 0.25) is 0 Å². The van der Waals surface area contributed by atoms with Crippen molar-refractivity contribution >= 4 is 11.9 Å². The van der Waals surface area contributed by atoms with E-state index in [0.717, 1.165) is 5.56 Å². The normalized spacial score (nSPS) is 11.7. The maximum atomic E-state index is 11.9. The second-order valence-corrected chi connectivity index (χ2v) is 3.83. The van der Waals surface area contributed by atoms with E-state index < -0.39 is 5.92 Å². The van der Waals surface area contributed by atoms with E-state index in [-0.39, 0.29) is 18.4 Å². The molecule has 1 rings (SSSR count). The molecule has 0 saturated carbocycles. The number of rotatable bonds is 6. The van der Waals surface area contributed by atoms with Crippen LogP contribution in [0.5, 0.6) is 0 Å². The van der Waals surface area contributed by atoms with E-state index in [0.29, 0.717) is 13.0 Å². The van der Waals surface area contributed by atoms with Crippen LogP contribution in [0.25, 0.3) is 0 Å². The first kappa shape index (κ1) is 14.2. The molecule has 0 amide bonds. The SMILES string of the molecule is CCOC(=O)C(CCC(=O)OC)c1ccccc1. The van der Waals surface area contributed by atoms with Crippen molar-refractivity contribution in [3.05, 3.63) is 35.9 Å². The Hall–Kier alpha value is -1.84. The van der Waals surface area contributed by atoms with E-state index >= 15 is 0 Å². The Morgan fingerprint density at radius 2 is 1.89 bits per heavy atom. The number of benzene rings is 1. The maximum Gasteiger partial charge on any atom is 0.313 e. The quantitative estimate of drug-likeness (QED) is 0.727. The van der Waals surface area contributed by atoms with Crippen LogP contribution >= 0.6 is 0 Å². The molecule has 1 unspecified atom stereocenters. The summed E-state index contributed by atoms with van der Waals surface area (Å²) in [7, 11) is 1.34. The highest BCUT2D eigenvalue weighted by Crippen LogP contribution is 2.23. The van der Waals surface area contributed by atoms with E-state index in [1.165, 1.54) is 7.11 Å². The first-order valence-corrected chi connectivity index (χ1v) is 5.97. The molecule has 1 atom stereocenters. The fraction of sp³-hybridized carbons (Fsp3) is 0.429. The van der Waals surface area contributed by atoms with E-state index in [1.807, 2.05) is 30.3 Å². The van der Waals surface area contributed by atoms with Gasteiger partial charge in [-0.3, -0.25) is 9.59 Å². The van der Waals surface area contributed by atoms with Gasteiger partial charge in [-0.05, 0) is 18.9 Å². The lowest BCUT2D eigenvalue weighted by Gasteiger charge is -2.15. The van der Waals surface area contributed by atoms with E-state index in [1.54, 1.807) is 6.92 Å². The van der Waals surface area contributed by atoms with Gasteiger partial charge >= 0.3 is 11.9 Å². The zero-order valence-corrected chi connectivity index (χ0v) is 10.7. The van der Waals surface area contributed by atoms with Crippen molar-refractivity contribution in [3.8, 4) is 0 Å². The zero-order valence-electron chi connectivity index (χ0n) is 10.7. The summed E-state index contributed by atoms with van der Waals surface area (Å²) < 4.78 is 9.62. The Labute approximate surface area is 107 Å². The molecular formula is C14H18O4. The van der Waals surface area contributed by atoms with Crippen LogP contribution in [-0.4, -0.2) is 25.7 Å². The Balaban J connectivity index is 2.75. The number of hydrogen-bond donors (Lipinski definition) is 0. The Morgan fingerprint density at radius 1 is 1.22 bits per heavy atom. The monoisotopic (exact) mass is 250 g/mol. The van der Waals surface area contributed by atoms with Crippen molar-refractivity contribution in [2.24, 2.45) is 0 Å². The summed E-state index contributed by atoms with van der Waals surface area (Å²) in [5, 5.41) is 0. The van der Waals surface area contributed by atoms with Crippen LogP contribution in [0, 0.1) is 0 Å². The molecule has 0 aliphatic heterocycles. The molecule has 0 saturated heterocycles. The zero-order chi connectivity index (χ0) is 13.4. The third-order valence-electron chi connectivity index (χ3n) is 2.64. The van der Waals surface area contributed by atoms with E-state index in [9.17, 15) is 9.59 Å². The van der Waals surface area contributed by atoms with Crippen LogP contribution in [0.3, 0.4) is 0 Å². The second-order valence-electron chi connectivity index (χ2n) is 3.83. The predicted molar refractivity (Wildman–Crippen MR) is 67.1 cm³/mol. The third-order valence-corrected chi connectivity index (χ3v) is 2.64. The van der Waals surface area contributed by atoms with Gasteiger partial charge in [-0.1, -0.05) is 30.3 Å². The van der Waals surface area contributed by atoms with Gasteiger partial charge in [0.2, 0.25) is 0 Å². The van der Waals surface area contributed by atoms with Crippen molar-refractivity contribution < 1.29 is 19.1 Å². The molecule has 0 heterocycles. The largest absolute Gasteiger partial charge is 0.469 e. The van der Waals surface area contributed by atoms with E-state index in [4.69, 9.17) is 4.74 Å². The summed E-state index contributed by atoms with van der Waals surface area (Å²) >= 11 is 0. The van der Waals surface area contributed by atoms with Crippen LogP contribution in [0.4, 0.5) is 0 Å². The standard InChI is InChI=1S/C14H18O4/c1-3-18-14(16)12(9-10-13(15)17-2)11-7-5-4-6-8-11/h4-8,12H,3,9-10H2,1-2H3. The van der Waals surface area contributed by atoms with Crippen molar-refractivity contribution in [1.29, 1.82) is 0 Å². The number of carbonyl (C=O) groups excluding carboxylic acids is 2. The lowest BCUT2D eigenvalue weighted by atomic mass is 9.94. The number of methoxy groups -OCH3 is 1. The summed E-state index contributed by atoms with van der Waals surface area (Å²) in [6.07, 6.45) is 0.602. The highest BCUT2D eigenvalue weighted by Gasteiger charge is 2.22. The van der Waals surface area contributed by atoms with Gasteiger partial charge in [0.05, 0.1) is 19.6 Å². The van der Waals surface area contributed by atoms with Gasteiger partial charge in [0.1, 0.15) is 0 Å². The highest BCUT2D eigenvalue weighted by molar-refractivity contribution is 5.79. The van der Waals surface area contributed by atoms with Crippen molar-refractivity contribution in [2.45, 2.75) is 25.7 Å². The van der Waals surface area contributed by atoms with Crippen LogP contribution in [-0.2, 0) is 19.1 Å². The molecule has 0 radical (unpaired) electrons. The molecule has 0 N–H and O–H groups in total. The molecule has 0 aliphatic carbocycles. The average molecular weight is 250 g/mol. The lowest BCUT2D eigenvalue weighted by molar-refractivity contribution is -0.145.